The lowest BCUT2D eigenvalue weighted by Crippen LogP contribution is -2.64. The summed E-state index contributed by atoms with van der Waals surface area (Å²) in [6.07, 6.45) is 3.04. The van der Waals surface area contributed by atoms with Gasteiger partial charge in [0.15, 0.2) is 0 Å². The summed E-state index contributed by atoms with van der Waals surface area (Å²) >= 11 is 0. The van der Waals surface area contributed by atoms with E-state index in [1.165, 1.54) is 12.4 Å². The van der Waals surface area contributed by atoms with Crippen LogP contribution in [0.15, 0.2) is 24.5 Å². The number of carbonyl (C=O) groups excluding carboxylic acids is 1. The van der Waals surface area contributed by atoms with Gasteiger partial charge in [0, 0.05) is 24.5 Å². The number of aliphatic hydroxyl groups excluding tert-OH is 1. The largest absolute Gasteiger partial charge is 0.416 e. The molecule has 1 amide bonds. The zero-order valence-corrected chi connectivity index (χ0v) is 18.9. The van der Waals surface area contributed by atoms with Crippen LogP contribution in [0.25, 0.3) is 10.9 Å². The number of aromatic nitrogens is 2. The van der Waals surface area contributed by atoms with E-state index >= 15 is 0 Å². The van der Waals surface area contributed by atoms with Crippen LogP contribution in [0, 0.1) is 11.8 Å². The first-order chi connectivity index (χ1) is 16.2. The van der Waals surface area contributed by atoms with E-state index in [4.69, 9.17) is 5.73 Å². The fourth-order valence-corrected chi connectivity index (χ4v) is 5.61. The second-order valence-corrected chi connectivity index (χ2v) is 10.0. The summed E-state index contributed by atoms with van der Waals surface area (Å²) in [6, 6.07) is 3.72. The number of hydrogen-bond acceptors (Lipinski definition) is 6. The van der Waals surface area contributed by atoms with Crippen LogP contribution in [-0.2, 0) is 11.0 Å². The third-order valence-electron chi connectivity index (χ3n) is 7.72. The van der Waals surface area contributed by atoms with Crippen LogP contribution in [0.4, 0.5) is 19.0 Å². The average Bonchev–Trinajstić information content (AvgIpc) is 3.61. The molecule has 2 saturated carbocycles. The minimum atomic E-state index is -4.49. The zero-order chi connectivity index (χ0) is 24.0. The molecular weight excluding hydrogens is 447 g/mol. The molecule has 3 fully saturated rings. The van der Waals surface area contributed by atoms with Crippen molar-refractivity contribution in [2.24, 2.45) is 17.6 Å². The molecule has 0 radical (unpaired) electrons. The van der Waals surface area contributed by atoms with E-state index in [9.17, 15) is 23.1 Å². The molecule has 3 aliphatic rings. The van der Waals surface area contributed by atoms with Gasteiger partial charge >= 0.3 is 6.18 Å². The van der Waals surface area contributed by atoms with E-state index in [1.54, 1.807) is 4.90 Å². The molecule has 5 rings (SSSR count). The minimum absolute atomic E-state index is 0.0741. The summed E-state index contributed by atoms with van der Waals surface area (Å²) in [5, 5.41) is 10.7. The molecule has 10 heteroatoms. The maximum atomic E-state index is 13.3. The third kappa shape index (κ3) is 4.70. The van der Waals surface area contributed by atoms with Crippen LogP contribution >= 0.6 is 0 Å². The highest BCUT2D eigenvalue weighted by molar-refractivity contribution is 5.92. The number of primary amides is 1. The molecule has 3 N–H and O–H groups in total. The van der Waals surface area contributed by atoms with Crippen molar-refractivity contribution in [3.05, 3.63) is 30.1 Å². The number of fused-ring (bicyclic) bond motifs is 1. The molecular formula is C24H30F3N5O2. The van der Waals surface area contributed by atoms with Gasteiger partial charge in [-0.3, -0.25) is 9.69 Å². The predicted octanol–water partition coefficient (Wildman–Crippen LogP) is 2.95. The standard InChI is InChI=1S/C24H30F3N5O2/c25-24(26,27)16-5-8-20-19(9-16)23(30-13-29-20)32(12-21(28)33)18-10-31(11-18)17-6-3-15(4-7-17)22(34)14-1-2-14/h5,8-9,13-15,17-18,22,34H,1-4,6-7,10-12H2,(H2,28,33). The summed E-state index contributed by atoms with van der Waals surface area (Å²) in [7, 11) is 0. The SMILES string of the molecule is NC(=O)CN(c1ncnc2ccc(C(F)(F)F)cc12)C1CN(C2CCC(C(O)C3CC3)CC2)C1. The molecule has 34 heavy (non-hydrogen) atoms. The molecule has 1 atom stereocenters. The van der Waals surface area contributed by atoms with Crippen LogP contribution in [0.5, 0.6) is 0 Å². The Bertz CT molecular complexity index is 1050. The Labute approximate surface area is 196 Å². The Morgan fingerprint density at radius 3 is 2.35 bits per heavy atom. The number of rotatable bonds is 7. The maximum absolute atomic E-state index is 13.3. The zero-order valence-electron chi connectivity index (χ0n) is 18.9. The fourth-order valence-electron chi connectivity index (χ4n) is 5.61. The molecule has 1 saturated heterocycles. The van der Waals surface area contributed by atoms with Gasteiger partial charge in [0.25, 0.3) is 0 Å². The molecule has 7 nitrogen and oxygen atoms in total. The van der Waals surface area contributed by atoms with Gasteiger partial charge in [-0.05, 0) is 68.6 Å². The Balaban J connectivity index is 1.30. The van der Waals surface area contributed by atoms with Crippen molar-refractivity contribution in [1.29, 1.82) is 0 Å². The number of nitrogens with two attached hydrogens (primary N) is 1. The first kappa shape index (κ1) is 23.3. The fraction of sp³-hybridized carbons (Fsp3) is 0.625. The Morgan fingerprint density at radius 1 is 1.12 bits per heavy atom. The van der Waals surface area contributed by atoms with Gasteiger partial charge in [-0.25, -0.2) is 9.97 Å². The second-order valence-electron chi connectivity index (χ2n) is 10.0. The van der Waals surface area contributed by atoms with Crippen molar-refractivity contribution >= 4 is 22.6 Å². The van der Waals surface area contributed by atoms with Crippen LogP contribution in [0.3, 0.4) is 0 Å². The first-order valence-corrected chi connectivity index (χ1v) is 12.0. The van der Waals surface area contributed by atoms with Crippen LogP contribution in [-0.4, -0.2) is 63.7 Å². The highest BCUT2D eigenvalue weighted by Gasteiger charge is 2.42. The van der Waals surface area contributed by atoms with Gasteiger partial charge in [-0.15, -0.1) is 0 Å². The quantitative estimate of drug-likeness (QED) is 0.637. The summed E-state index contributed by atoms with van der Waals surface area (Å²) in [5.74, 6) is 0.628. The van der Waals surface area contributed by atoms with Crippen molar-refractivity contribution < 1.29 is 23.1 Å². The van der Waals surface area contributed by atoms with Gasteiger partial charge in [0.1, 0.15) is 12.1 Å². The molecule has 0 spiro atoms. The van der Waals surface area contributed by atoms with E-state index < -0.39 is 17.6 Å². The summed E-state index contributed by atoms with van der Waals surface area (Å²) in [6.45, 7) is 1.26. The highest BCUT2D eigenvalue weighted by Crippen LogP contribution is 2.42. The number of alkyl halides is 3. The van der Waals surface area contributed by atoms with E-state index in [0.717, 1.165) is 50.7 Å². The third-order valence-corrected chi connectivity index (χ3v) is 7.72. The lowest BCUT2D eigenvalue weighted by molar-refractivity contribution is -0.137. The lowest BCUT2D eigenvalue weighted by Gasteiger charge is -2.50. The Morgan fingerprint density at radius 2 is 1.76 bits per heavy atom. The minimum Gasteiger partial charge on any atom is -0.393 e. The van der Waals surface area contributed by atoms with Gasteiger partial charge in [0.05, 0.1) is 29.8 Å². The van der Waals surface area contributed by atoms with E-state index in [0.29, 0.717) is 42.3 Å². The number of hydrogen-bond donors (Lipinski definition) is 2. The van der Waals surface area contributed by atoms with Crippen LogP contribution < -0.4 is 10.6 Å². The first-order valence-electron chi connectivity index (χ1n) is 12.0. The average molecular weight is 478 g/mol. The van der Waals surface area contributed by atoms with Crippen LogP contribution in [0.2, 0.25) is 0 Å². The molecule has 2 heterocycles. The number of carbonyl (C=O) groups is 1. The number of amides is 1. The Hall–Kier alpha value is -2.46. The van der Waals surface area contributed by atoms with Crippen LogP contribution in [0.1, 0.15) is 44.1 Å². The van der Waals surface area contributed by atoms with Crippen molar-refractivity contribution in [2.75, 3.05) is 24.5 Å². The number of likely N-dealkylation sites (tertiary alicyclic amines) is 1. The van der Waals surface area contributed by atoms with Crippen molar-refractivity contribution in [3.8, 4) is 0 Å². The monoisotopic (exact) mass is 477 g/mol. The van der Waals surface area contributed by atoms with E-state index in [2.05, 4.69) is 14.9 Å². The second kappa shape index (κ2) is 8.96. The highest BCUT2D eigenvalue weighted by atomic mass is 19.4. The van der Waals surface area contributed by atoms with Gasteiger partial charge < -0.3 is 15.7 Å². The molecule has 1 unspecified atom stereocenters. The number of nitrogens with zero attached hydrogens (tertiary/aromatic N) is 4. The smallest absolute Gasteiger partial charge is 0.393 e. The van der Waals surface area contributed by atoms with Gasteiger partial charge in [0.2, 0.25) is 5.91 Å². The maximum Gasteiger partial charge on any atom is 0.416 e. The van der Waals surface area contributed by atoms with Crippen molar-refractivity contribution in [2.45, 2.75) is 62.9 Å². The molecule has 1 aromatic heterocycles. The number of anilines is 1. The summed E-state index contributed by atoms with van der Waals surface area (Å²) < 4.78 is 40.0. The Kier molecular flexibility index (Phi) is 6.14. The van der Waals surface area contributed by atoms with Crippen molar-refractivity contribution in [1.82, 2.24) is 14.9 Å². The van der Waals surface area contributed by atoms with E-state index in [-0.39, 0.29) is 24.1 Å². The predicted molar refractivity (Wildman–Crippen MR) is 121 cm³/mol. The number of halogens is 3. The molecule has 1 aromatic carbocycles. The normalized spacial score (nSPS) is 25.2. The molecule has 184 valence electrons. The van der Waals surface area contributed by atoms with Gasteiger partial charge in [-0.2, -0.15) is 13.2 Å². The molecule has 2 aliphatic carbocycles. The molecule has 2 aromatic rings. The molecule has 1 aliphatic heterocycles. The topological polar surface area (TPSA) is 95.6 Å². The molecule has 0 bridgehead atoms. The lowest BCUT2D eigenvalue weighted by atomic mass is 9.80. The number of benzene rings is 1. The van der Waals surface area contributed by atoms with E-state index in [1.807, 2.05) is 0 Å². The van der Waals surface area contributed by atoms with Gasteiger partial charge in [-0.1, -0.05) is 0 Å². The number of aliphatic hydroxyl groups is 1. The summed E-state index contributed by atoms with van der Waals surface area (Å²) in [4.78, 5) is 24.3. The van der Waals surface area contributed by atoms with Crippen molar-refractivity contribution in [3.63, 3.8) is 0 Å². The summed E-state index contributed by atoms with van der Waals surface area (Å²) in [5.41, 5.74) is 5.10.